The molecular weight excluding hydrogens is 260 g/mol. The van der Waals surface area contributed by atoms with Crippen LogP contribution in [0.4, 0.5) is 11.6 Å². The highest BCUT2D eigenvalue weighted by Gasteiger charge is 2.15. The number of nitro groups is 1. The average molecular weight is 274 g/mol. The first kappa shape index (κ1) is 12.5. The van der Waals surface area contributed by atoms with Crippen molar-refractivity contribution in [3.8, 4) is 11.4 Å². The molecule has 0 atom stereocenters. The summed E-state index contributed by atoms with van der Waals surface area (Å²) in [6.07, 6.45) is 0. The fraction of sp³-hybridized carbons (Fsp3) is 0.333. The lowest BCUT2D eigenvalue weighted by Crippen LogP contribution is -2.44. The van der Waals surface area contributed by atoms with E-state index in [4.69, 9.17) is 0 Å². The van der Waals surface area contributed by atoms with Crippen LogP contribution < -0.4 is 10.2 Å². The van der Waals surface area contributed by atoms with Gasteiger partial charge in [0.1, 0.15) is 0 Å². The van der Waals surface area contributed by atoms with E-state index in [1.165, 1.54) is 12.1 Å². The predicted octanol–water partition coefficient (Wildman–Crippen LogP) is 0.789. The molecule has 1 saturated heterocycles. The van der Waals surface area contributed by atoms with Crippen LogP contribution in [0.1, 0.15) is 0 Å². The van der Waals surface area contributed by atoms with Gasteiger partial charge in [-0.05, 0) is 12.1 Å². The molecular formula is C12H14N6O2. The van der Waals surface area contributed by atoms with E-state index in [1.54, 1.807) is 12.1 Å². The minimum atomic E-state index is -0.420. The molecule has 1 aromatic carbocycles. The van der Waals surface area contributed by atoms with Gasteiger partial charge in [-0.2, -0.15) is 4.98 Å². The molecule has 0 radical (unpaired) electrons. The molecule has 1 aliphatic heterocycles. The SMILES string of the molecule is O=[N+]([O-])c1ccc(-c2nc(N3CCNCC3)n[nH]2)cc1. The second-order valence-corrected chi connectivity index (χ2v) is 4.53. The molecule has 1 aliphatic rings. The molecule has 2 N–H and O–H groups in total. The summed E-state index contributed by atoms with van der Waals surface area (Å²) in [6, 6.07) is 6.26. The number of nitro benzene ring substituents is 1. The number of H-pyrrole nitrogens is 1. The Labute approximate surface area is 115 Å². The van der Waals surface area contributed by atoms with Crippen molar-refractivity contribution in [3.05, 3.63) is 34.4 Å². The van der Waals surface area contributed by atoms with Gasteiger partial charge in [0.2, 0.25) is 5.95 Å². The van der Waals surface area contributed by atoms with Crippen LogP contribution in [0.2, 0.25) is 0 Å². The van der Waals surface area contributed by atoms with Crippen molar-refractivity contribution >= 4 is 11.6 Å². The maximum absolute atomic E-state index is 10.6. The van der Waals surface area contributed by atoms with Gasteiger partial charge in [0.25, 0.3) is 5.69 Å². The van der Waals surface area contributed by atoms with Gasteiger partial charge in [0.05, 0.1) is 4.92 Å². The fourth-order valence-electron chi connectivity index (χ4n) is 2.13. The molecule has 0 unspecified atom stereocenters. The smallest absolute Gasteiger partial charge is 0.269 e. The van der Waals surface area contributed by atoms with E-state index in [0.717, 1.165) is 31.7 Å². The minimum absolute atomic E-state index is 0.0654. The van der Waals surface area contributed by atoms with Gasteiger partial charge in [-0.1, -0.05) is 0 Å². The Morgan fingerprint density at radius 3 is 2.55 bits per heavy atom. The first-order valence-corrected chi connectivity index (χ1v) is 6.37. The lowest BCUT2D eigenvalue weighted by molar-refractivity contribution is -0.384. The van der Waals surface area contributed by atoms with Gasteiger partial charge in [0, 0.05) is 43.9 Å². The molecule has 2 aromatic rings. The van der Waals surface area contributed by atoms with Crippen LogP contribution >= 0.6 is 0 Å². The lowest BCUT2D eigenvalue weighted by atomic mass is 10.2. The summed E-state index contributed by atoms with van der Waals surface area (Å²) < 4.78 is 0. The first-order valence-electron chi connectivity index (χ1n) is 6.37. The van der Waals surface area contributed by atoms with Crippen molar-refractivity contribution in [2.24, 2.45) is 0 Å². The zero-order chi connectivity index (χ0) is 13.9. The van der Waals surface area contributed by atoms with Crippen LogP contribution in [0.25, 0.3) is 11.4 Å². The number of benzene rings is 1. The van der Waals surface area contributed by atoms with Crippen LogP contribution in [0.15, 0.2) is 24.3 Å². The molecule has 0 bridgehead atoms. The molecule has 0 amide bonds. The molecule has 2 heterocycles. The molecule has 0 saturated carbocycles. The van der Waals surface area contributed by atoms with Gasteiger partial charge >= 0.3 is 0 Å². The van der Waals surface area contributed by atoms with E-state index >= 15 is 0 Å². The Balaban J connectivity index is 1.80. The number of nitrogens with zero attached hydrogens (tertiary/aromatic N) is 4. The number of hydrogen-bond acceptors (Lipinski definition) is 6. The van der Waals surface area contributed by atoms with Gasteiger partial charge in [-0.25, -0.2) is 0 Å². The number of nitrogens with one attached hydrogen (secondary N) is 2. The highest BCUT2D eigenvalue weighted by atomic mass is 16.6. The predicted molar refractivity (Wildman–Crippen MR) is 73.6 cm³/mol. The number of rotatable bonds is 3. The lowest BCUT2D eigenvalue weighted by Gasteiger charge is -2.25. The van der Waals surface area contributed by atoms with E-state index in [0.29, 0.717) is 11.8 Å². The topological polar surface area (TPSA) is 100.0 Å². The third-order valence-corrected chi connectivity index (χ3v) is 3.23. The van der Waals surface area contributed by atoms with Gasteiger partial charge in [0.15, 0.2) is 5.82 Å². The van der Waals surface area contributed by atoms with Crippen molar-refractivity contribution in [1.82, 2.24) is 20.5 Å². The highest BCUT2D eigenvalue weighted by molar-refractivity contribution is 5.58. The molecule has 8 nitrogen and oxygen atoms in total. The van der Waals surface area contributed by atoms with Crippen molar-refractivity contribution in [3.63, 3.8) is 0 Å². The van der Waals surface area contributed by atoms with Crippen LogP contribution in [-0.2, 0) is 0 Å². The summed E-state index contributed by atoms with van der Waals surface area (Å²) in [4.78, 5) is 16.7. The normalized spacial score (nSPS) is 15.3. The maximum atomic E-state index is 10.6. The molecule has 0 aliphatic carbocycles. The van der Waals surface area contributed by atoms with Gasteiger partial charge < -0.3 is 10.2 Å². The third kappa shape index (κ3) is 2.45. The minimum Gasteiger partial charge on any atom is -0.337 e. The largest absolute Gasteiger partial charge is 0.337 e. The Kier molecular flexibility index (Phi) is 3.30. The monoisotopic (exact) mass is 274 g/mol. The van der Waals surface area contributed by atoms with E-state index in [2.05, 4.69) is 25.4 Å². The van der Waals surface area contributed by atoms with E-state index in [9.17, 15) is 10.1 Å². The average Bonchev–Trinajstić information content (AvgIpc) is 2.98. The standard InChI is InChI=1S/C12H14N6O2/c19-18(20)10-3-1-9(2-4-10)11-14-12(16-15-11)17-7-5-13-6-8-17/h1-4,13H,5-8H2,(H,14,15,16). The molecule has 20 heavy (non-hydrogen) atoms. The summed E-state index contributed by atoms with van der Waals surface area (Å²) in [6.45, 7) is 3.58. The number of hydrogen-bond donors (Lipinski definition) is 2. The first-order chi connectivity index (χ1) is 9.74. The number of aromatic nitrogens is 3. The zero-order valence-electron chi connectivity index (χ0n) is 10.7. The Hall–Kier alpha value is -2.48. The molecule has 8 heteroatoms. The third-order valence-electron chi connectivity index (χ3n) is 3.23. The van der Waals surface area contributed by atoms with E-state index in [1.807, 2.05) is 0 Å². The highest BCUT2D eigenvalue weighted by Crippen LogP contribution is 2.21. The molecule has 1 fully saturated rings. The zero-order valence-corrected chi connectivity index (χ0v) is 10.7. The van der Waals surface area contributed by atoms with Gasteiger partial charge in [-0.15, -0.1) is 5.10 Å². The molecule has 3 rings (SSSR count). The summed E-state index contributed by atoms with van der Waals surface area (Å²) in [5, 5.41) is 21.0. The van der Waals surface area contributed by atoms with Gasteiger partial charge in [-0.3, -0.25) is 15.2 Å². The second-order valence-electron chi connectivity index (χ2n) is 4.53. The van der Waals surface area contributed by atoms with Crippen molar-refractivity contribution in [2.45, 2.75) is 0 Å². The fourth-order valence-corrected chi connectivity index (χ4v) is 2.13. The Morgan fingerprint density at radius 1 is 1.20 bits per heavy atom. The molecule has 1 aromatic heterocycles. The number of aromatic amines is 1. The van der Waals surface area contributed by atoms with Crippen molar-refractivity contribution < 1.29 is 4.92 Å². The summed E-state index contributed by atoms with van der Waals surface area (Å²) in [5.74, 6) is 1.29. The number of non-ortho nitro benzene ring substituents is 1. The summed E-state index contributed by atoms with van der Waals surface area (Å²) in [5.41, 5.74) is 0.847. The second kappa shape index (κ2) is 5.25. The number of piperazine rings is 1. The van der Waals surface area contributed by atoms with Crippen LogP contribution in [0.5, 0.6) is 0 Å². The quantitative estimate of drug-likeness (QED) is 0.634. The summed E-state index contributed by atoms with van der Waals surface area (Å²) >= 11 is 0. The Morgan fingerprint density at radius 2 is 1.90 bits per heavy atom. The van der Waals surface area contributed by atoms with Crippen LogP contribution in [-0.4, -0.2) is 46.3 Å². The van der Waals surface area contributed by atoms with E-state index < -0.39 is 4.92 Å². The summed E-state index contributed by atoms with van der Waals surface area (Å²) in [7, 11) is 0. The Bertz CT molecular complexity index is 603. The molecule has 0 spiro atoms. The van der Waals surface area contributed by atoms with Crippen LogP contribution in [0.3, 0.4) is 0 Å². The molecule has 104 valence electrons. The maximum Gasteiger partial charge on any atom is 0.269 e. The van der Waals surface area contributed by atoms with E-state index in [-0.39, 0.29) is 5.69 Å². The number of anilines is 1. The van der Waals surface area contributed by atoms with Crippen LogP contribution in [0, 0.1) is 10.1 Å². The van der Waals surface area contributed by atoms with Crippen molar-refractivity contribution in [2.75, 3.05) is 31.1 Å². The van der Waals surface area contributed by atoms with Crippen molar-refractivity contribution in [1.29, 1.82) is 0 Å².